The first kappa shape index (κ1) is 20.1. The number of amides is 1. The molecule has 1 atom stereocenters. The van der Waals surface area contributed by atoms with Gasteiger partial charge in [-0.2, -0.15) is 0 Å². The van der Waals surface area contributed by atoms with Gasteiger partial charge in [0.2, 0.25) is 5.91 Å². The van der Waals surface area contributed by atoms with Crippen molar-refractivity contribution >= 4 is 23.4 Å². The third-order valence-electron chi connectivity index (χ3n) is 6.45. The van der Waals surface area contributed by atoms with Gasteiger partial charge in [-0.15, -0.1) is 11.8 Å². The molecular formula is C26H26N2O2S. The highest BCUT2D eigenvalue weighted by Crippen LogP contribution is 2.48. The van der Waals surface area contributed by atoms with E-state index in [2.05, 4.69) is 37.4 Å². The third kappa shape index (κ3) is 3.83. The number of thioether (sulfide) groups is 1. The zero-order valence-electron chi connectivity index (χ0n) is 17.9. The Labute approximate surface area is 186 Å². The zero-order chi connectivity index (χ0) is 21.5. The van der Waals surface area contributed by atoms with E-state index < -0.39 is 6.04 Å². The number of hydrogen-bond acceptors (Lipinski definition) is 3. The van der Waals surface area contributed by atoms with E-state index in [9.17, 15) is 9.59 Å². The van der Waals surface area contributed by atoms with Gasteiger partial charge in [-0.05, 0) is 79.0 Å². The number of rotatable bonds is 5. The molecule has 0 unspecified atom stereocenters. The molecule has 0 bridgehead atoms. The van der Waals surface area contributed by atoms with Gasteiger partial charge in [-0.1, -0.05) is 36.4 Å². The monoisotopic (exact) mass is 430 g/mol. The van der Waals surface area contributed by atoms with E-state index in [4.69, 9.17) is 0 Å². The number of hydrogen-bond donors (Lipinski definition) is 1. The standard InChI is InChI=1S/C26H26N2O2S/c1-16-7-6-8-19(17(16)2)13-20-14-23(29)28-22(15-31-26(28)24(20)18-11-12-18)25(30)27-21-9-4-3-5-10-21/h3-10,14,18,22H,11-13,15H2,1-2H3,(H,27,30)/t22-/m0/s1. The van der Waals surface area contributed by atoms with Gasteiger partial charge in [0.1, 0.15) is 6.04 Å². The number of nitrogens with one attached hydrogen (secondary N) is 1. The number of carbonyl (C=O) groups is 1. The Balaban J connectivity index is 1.52. The van der Waals surface area contributed by atoms with Gasteiger partial charge in [-0.3, -0.25) is 14.2 Å². The number of pyridine rings is 1. The average molecular weight is 431 g/mol. The first-order valence-corrected chi connectivity index (χ1v) is 11.8. The summed E-state index contributed by atoms with van der Waals surface area (Å²) in [5.74, 6) is 0.981. The van der Waals surface area contributed by atoms with E-state index in [-0.39, 0.29) is 11.5 Å². The predicted octanol–water partition coefficient (Wildman–Crippen LogP) is 5.22. The van der Waals surface area contributed by atoms with Crippen LogP contribution in [-0.4, -0.2) is 16.2 Å². The molecule has 2 heterocycles. The fraction of sp³-hybridized carbons (Fsp3) is 0.308. The molecule has 5 heteroatoms. The Bertz CT molecular complexity index is 1210. The fourth-order valence-electron chi connectivity index (χ4n) is 4.44. The topological polar surface area (TPSA) is 51.1 Å². The van der Waals surface area contributed by atoms with Crippen LogP contribution in [0.5, 0.6) is 0 Å². The van der Waals surface area contributed by atoms with E-state index >= 15 is 0 Å². The molecule has 1 fully saturated rings. The summed E-state index contributed by atoms with van der Waals surface area (Å²) in [6.45, 7) is 4.28. The molecule has 1 saturated carbocycles. The lowest BCUT2D eigenvalue weighted by Crippen LogP contribution is -2.33. The molecule has 0 radical (unpaired) electrons. The molecule has 1 amide bonds. The van der Waals surface area contributed by atoms with Crippen LogP contribution in [0.1, 0.15) is 52.6 Å². The maximum Gasteiger partial charge on any atom is 0.252 e. The van der Waals surface area contributed by atoms with Crippen LogP contribution < -0.4 is 10.9 Å². The quantitative estimate of drug-likeness (QED) is 0.604. The summed E-state index contributed by atoms with van der Waals surface area (Å²) in [5, 5.41) is 3.98. The van der Waals surface area contributed by atoms with Crippen molar-refractivity contribution in [3.05, 3.63) is 92.8 Å². The second-order valence-corrected chi connectivity index (χ2v) is 9.60. The number of carbonyl (C=O) groups excluding carboxylic acids is 1. The van der Waals surface area contributed by atoms with E-state index in [1.54, 1.807) is 22.4 Å². The second kappa shape index (κ2) is 8.04. The molecule has 3 aromatic rings. The number of anilines is 1. The molecule has 4 nitrogen and oxygen atoms in total. The van der Waals surface area contributed by atoms with Gasteiger partial charge in [0.15, 0.2) is 0 Å². The molecule has 0 spiro atoms. The summed E-state index contributed by atoms with van der Waals surface area (Å²) in [6, 6.07) is 17.1. The predicted molar refractivity (Wildman–Crippen MR) is 126 cm³/mol. The normalized spacial score (nSPS) is 17.4. The molecular weight excluding hydrogens is 404 g/mol. The van der Waals surface area contributed by atoms with Crippen LogP contribution in [0, 0.1) is 13.8 Å². The summed E-state index contributed by atoms with van der Waals surface area (Å²) < 4.78 is 1.74. The molecule has 31 heavy (non-hydrogen) atoms. The zero-order valence-corrected chi connectivity index (χ0v) is 18.7. The largest absolute Gasteiger partial charge is 0.324 e. The summed E-state index contributed by atoms with van der Waals surface area (Å²) in [4.78, 5) is 26.2. The lowest BCUT2D eigenvalue weighted by atomic mass is 9.94. The number of benzene rings is 2. The van der Waals surface area contributed by atoms with Crippen LogP contribution in [0.15, 0.2) is 64.4 Å². The first-order valence-electron chi connectivity index (χ1n) is 10.8. The van der Waals surface area contributed by atoms with Gasteiger partial charge in [0.05, 0.1) is 5.03 Å². The molecule has 2 aromatic carbocycles. The van der Waals surface area contributed by atoms with Crippen LogP contribution in [0.25, 0.3) is 0 Å². The minimum Gasteiger partial charge on any atom is -0.324 e. The maximum atomic E-state index is 13.2. The van der Waals surface area contributed by atoms with Gasteiger partial charge in [-0.25, -0.2) is 0 Å². The van der Waals surface area contributed by atoms with E-state index in [0.717, 1.165) is 35.5 Å². The highest BCUT2D eigenvalue weighted by molar-refractivity contribution is 7.99. The highest BCUT2D eigenvalue weighted by atomic mass is 32.2. The van der Waals surface area contributed by atoms with Gasteiger partial charge < -0.3 is 5.32 Å². The van der Waals surface area contributed by atoms with Crippen molar-refractivity contribution in [3.63, 3.8) is 0 Å². The Kier molecular flexibility index (Phi) is 5.22. The van der Waals surface area contributed by atoms with E-state index in [1.165, 1.54) is 22.3 Å². The lowest BCUT2D eigenvalue weighted by Gasteiger charge is -2.18. The molecule has 2 aliphatic rings. The van der Waals surface area contributed by atoms with Gasteiger partial charge in [0, 0.05) is 17.5 Å². The molecule has 158 valence electrons. The molecule has 1 N–H and O–H groups in total. The van der Waals surface area contributed by atoms with Crippen LogP contribution in [0.2, 0.25) is 0 Å². The number of aromatic nitrogens is 1. The summed E-state index contributed by atoms with van der Waals surface area (Å²) in [5.41, 5.74) is 6.94. The summed E-state index contributed by atoms with van der Waals surface area (Å²) in [7, 11) is 0. The smallest absolute Gasteiger partial charge is 0.252 e. The number of fused-ring (bicyclic) bond motifs is 1. The van der Waals surface area contributed by atoms with E-state index in [0.29, 0.717) is 11.7 Å². The Morgan fingerprint density at radius 2 is 1.84 bits per heavy atom. The summed E-state index contributed by atoms with van der Waals surface area (Å²) in [6.07, 6.45) is 3.09. The molecule has 5 rings (SSSR count). The van der Waals surface area contributed by atoms with Crippen molar-refractivity contribution in [2.45, 2.75) is 50.1 Å². The molecule has 1 aliphatic heterocycles. The summed E-state index contributed by atoms with van der Waals surface area (Å²) >= 11 is 1.66. The third-order valence-corrected chi connectivity index (χ3v) is 7.62. The van der Waals surface area contributed by atoms with Gasteiger partial charge in [0.25, 0.3) is 5.56 Å². The number of nitrogens with zero attached hydrogens (tertiary/aromatic N) is 1. The molecule has 0 saturated heterocycles. The van der Waals surface area contributed by atoms with Crippen LogP contribution in [0.3, 0.4) is 0 Å². The van der Waals surface area contributed by atoms with E-state index in [1.807, 2.05) is 30.3 Å². The Morgan fingerprint density at radius 3 is 2.58 bits per heavy atom. The first-order chi connectivity index (χ1) is 15.0. The van der Waals surface area contributed by atoms with Crippen LogP contribution >= 0.6 is 11.8 Å². The number of para-hydroxylation sites is 1. The average Bonchev–Trinajstić information content (AvgIpc) is 3.49. The van der Waals surface area contributed by atoms with Crippen molar-refractivity contribution < 1.29 is 4.79 Å². The van der Waals surface area contributed by atoms with Crippen LogP contribution in [0.4, 0.5) is 5.69 Å². The van der Waals surface area contributed by atoms with Crippen molar-refractivity contribution in [3.8, 4) is 0 Å². The lowest BCUT2D eigenvalue weighted by molar-refractivity contribution is -0.118. The maximum absolute atomic E-state index is 13.2. The molecule has 1 aromatic heterocycles. The second-order valence-electron chi connectivity index (χ2n) is 8.59. The number of aryl methyl sites for hydroxylation is 1. The van der Waals surface area contributed by atoms with Crippen molar-refractivity contribution in [1.82, 2.24) is 4.57 Å². The minimum absolute atomic E-state index is 0.0714. The van der Waals surface area contributed by atoms with Crippen molar-refractivity contribution in [2.75, 3.05) is 11.1 Å². The van der Waals surface area contributed by atoms with Gasteiger partial charge >= 0.3 is 0 Å². The van der Waals surface area contributed by atoms with Crippen molar-refractivity contribution in [2.24, 2.45) is 0 Å². The van der Waals surface area contributed by atoms with Crippen LogP contribution in [-0.2, 0) is 11.2 Å². The minimum atomic E-state index is -0.472. The Morgan fingerprint density at radius 1 is 1.06 bits per heavy atom. The molecule has 1 aliphatic carbocycles. The van der Waals surface area contributed by atoms with Crippen molar-refractivity contribution in [1.29, 1.82) is 0 Å². The fourth-order valence-corrected chi connectivity index (χ4v) is 5.87. The Hall–Kier alpha value is -2.79. The SMILES string of the molecule is Cc1cccc(Cc2cc(=O)n3c(c2C2CC2)SC[C@H]3C(=O)Nc2ccccc2)c1C. The highest BCUT2D eigenvalue weighted by Gasteiger charge is 2.37.